The van der Waals surface area contributed by atoms with E-state index in [0.717, 1.165) is 48.5 Å². The lowest BCUT2D eigenvalue weighted by molar-refractivity contribution is -0.160. The van der Waals surface area contributed by atoms with Gasteiger partial charge in [-0.2, -0.15) is 0 Å². The summed E-state index contributed by atoms with van der Waals surface area (Å²) in [6.45, 7) is 7.49. The molecule has 0 amide bonds. The Morgan fingerprint density at radius 2 is 1.78 bits per heavy atom. The van der Waals surface area contributed by atoms with E-state index in [2.05, 4.69) is 11.1 Å². The number of rotatable bonds is 5. The monoisotopic (exact) mass is 519 g/mol. The first-order chi connectivity index (χ1) is 17.0. The molecule has 2 heterocycles. The Labute approximate surface area is 218 Å². The highest BCUT2D eigenvalue weighted by Gasteiger charge is 2.32. The molecule has 184 valence electrons. The number of thiazole rings is 1. The predicted molar refractivity (Wildman–Crippen MR) is 146 cm³/mol. The van der Waals surface area contributed by atoms with Gasteiger partial charge in [-0.1, -0.05) is 23.7 Å². The first kappa shape index (κ1) is 24.4. The zero-order valence-electron chi connectivity index (χ0n) is 20.7. The van der Waals surface area contributed by atoms with Crippen molar-refractivity contribution in [3.8, 4) is 21.7 Å². The zero-order chi connectivity index (χ0) is 25.8. The third-order valence-electron chi connectivity index (χ3n) is 5.99. The molecule has 1 N–H and O–H groups in total. The van der Waals surface area contributed by atoms with E-state index in [-0.39, 0.29) is 0 Å². The SMILES string of the molecule is Cc1cc2nc(-c3ccc4ncn(C)c4c3)sc2c(-c2ccc(Cl)cc2)c1C(OC(C)(C)C)C(=O)O. The van der Waals surface area contributed by atoms with Gasteiger partial charge in [-0.05, 0) is 75.2 Å². The third-order valence-corrected chi connectivity index (χ3v) is 7.38. The number of aliphatic carboxylic acids is 1. The van der Waals surface area contributed by atoms with Crippen LogP contribution in [0.25, 0.3) is 42.9 Å². The van der Waals surface area contributed by atoms with Gasteiger partial charge in [-0.15, -0.1) is 11.3 Å². The first-order valence-corrected chi connectivity index (χ1v) is 12.7. The number of hydrogen-bond acceptors (Lipinski definition) is 5. The molecule has 5 aromatic rings. The Morgan fingerprint density at radius 1 is 1.08 bits per heavy atom. The Bertz CT molecular complexity index is 1610. The summed E-state index contributed by atoms with van der Waals surface area (Å²) < 4.78 is 8.98. The van der Waals surface area contributed by atoms with E-state index < -0.39 is 17.7 Å². The minimum Gasteiger partial charge on any atom is -0.479 e. The number of imidazole rings is 1. The molecule has 36 heavy (non-hydrogen) atoms. The molecular weight excluding hydrogens is 494 g/mol. The van der Waals surface area contributed by atoms with Gasteiger partial charge in [0, 0.05) is 28.8 Å². The lowest BCUT2D eigenvalue weighted by Gasteiger charge is -2.28. The Balaban J connectivity index is 1.79. The number of fused-ring (bicyclic) bond motifs is 2. The molecule has 0 aliphatic heterocycles. The molecular formula is C28H26ClN3O3S. The van der Waals surface area contributed by atoms with Crippen molar-refractivity contribution >= 4 is 50.2 Å². The molecule has 0 saturated heterocycles. The van der Waals surface area contributed by atoms with Crippen molar-refractivity contribution in [2.75, 3.05) is 0 Å². The molecule has 0 aliphatic rings. The van der Waals surface area contributed by atoms with Crippen LogP contribution in [-0.4, -0.2) is 31.2 Å². The van der Waals surface area contributed by atoms with E-state index in [0.29, 0.717) is 10.6 Å². The van der Waals surface area contributed by atoms with Gasteiger partial charge >= 0.3 is 5.97 Å². The van der Waals surface area contributed by atoms with Gasteiger partial charge in [0.25, 0.3) is 0 Å². The minimum absolute atomic E-state index is 0.611. The maximum atomic E-state index is 12.5. The first-order valence-electron chi connectivity index (χ1n) is 11.5. The number of aromatic nitrogens is 3. The number of halogens is 1. The summed E-state index contributed by atoms with van der Waals surface area (Å²) in [4.78, 5) is 21.9. The number of carbonyl (C=O) groups is 1. The fourth-order valence-electron chi connectivity index (χ4n) is 4.42. The van der Waals surface area contributed by atoms with Crippen molar-refractivity contribution in [3.63, 3.8) is 0 Å². The number of nitrogens with zero attached hydrogens (tertiary/aromatic N) is 3. The lowest BCUT2D eigenvalue weighted by Crippen LogP contribution is -2.28. The summed E-state index contributed by atoms with van der Waals surface area (Å²) in [5.41, 5.74) is 6.19. The molecule has 0 spiro atoms. The van der Waals surface area contributed by atoms with Crippen LogP contribution < -0.4 is 0 Å². The molecule has 0 radical (unpaired) electrons. The molecule has 1 unspecified atom stereocenters. The van der Waals surface area contributed by atoms with Crippen LogP contribution in [0.3, 0.4) is 0 Å². The van der Waals surface area contributed by atoms with Gasteiger partial charge in [0.05, 0.1) is 33.2 Å². The number of ether oxygens (including phenoxy) is 1. The van der Waals surface area contributed by atoms with Crippen LogP contribution in [0.5, 0.6) is 0 Å². The van der Waals surface area contributed by atoms with Gasteiger partial charge in [0.15, 0.2) is 6.10 Å². The molecule has 3 aromatic carbocycles. The third kappa shape index (κ3) is 4.50. The van der Waals surface area contributed by atoms with E-state index in [1.54, 1.807) is 17.7 Å². The number of carboxylic acid groups (broad SMARTS) is 1. The van der Waals surface area contributed by atoms with Crippen molar-refractivity contribution in [2.24, 2.45) is 7.05 Å². The second-order valence-electron chi connectivity index (χ2n) is 9.86. The molecule has 5 rings (SSSR count). The van der Waals surface area contributed by atoms with Crippen molar-refractivity contribution in [1.82, 2.24) is 14.5 Å². The number of benzene rings is 3. The predicted octanol–water partition coefficient (Wildman–Crippen LogP) is 7.42. The van der Waals surface area contributed by atoms with Gasteiger partial charge in [0.1, 0.15) is 5.01 Å². The van der Waals surface area contributed by atoms with Gasteiger partial charge in [-0.3, -0.25) is 0 Å². The quantitative estimate of drug-likeness (QED) is 0.261. The van der Waals surface area contributed by atoms with E-state index in [9.17, 15) is 9.90 Å². The molecule has 1 atom stereocenters. The maximum absolute atomic E-state index is 12.5. The van der Waals surface area contributed by atoms with Crippen LogP contribution in [0.2, 0.25) is 5.02 Å². The summed E-state index contributed by atoms with van der Waals surface area (Å²) >= 11 is 7.73. The molecule has 0 bridgehead atoms. The fraction of sp³-hybridized carbons (Fsp3) is 0.250. The number of aryl methyl sites for hydroxylation is 2. The highest BCUT2D eigenvalue weighted by atomic mass is 35.5. The second kappa shape index (κ2) is 9.00. The van der Waals surface area contributed by atoms with Crippen LogP contribution in [-0.2, 0) is 16.6 Å². The molecule has 0 aliphatic carbocycles. The van der Waals surface area contributed by atoms with E-state index in [1.165, 1.54) is 0 Å². The van der Waals surface area contributed by atoms with Crippen LogP contribution in [0.15, 0.2) is 54.9 Å². The lowest BCUT2D eigenvalue weighted by atomic mass is 9.91. The highest BCUT2D eigenvalue weighted by Crippen LogP contribution is 2.44. The average molecular weight is 520 g/mol. The standard InChI is InChI=1S/C28H26ClN3O3S/c1-15-12-20-25(36-26(31-20)17-8-11-19-21(13-17)32(5)14-30-19)23(16-6-9-18(29)10-7-16)22(15)24(27(33)34)35-28(2,3)4/h6-14,24H,1-5H3,(H,33,34). The summed E-state index contributed by atoms with van der Waals surface area (Å²) in [7, 11) is 1.97. The number of carboxylic acids is 1. The zero-order valence-corrected chi connectivity index (χ0v) is 22.2. The highest BCUT2D eigenvalue weighted by molar-refractivity contribution is 7.22. The maximum Gasteiger partial charge on any atom is 0.337 e. The summed E-state index contributed by atoms with van der Waals surface area (Å²) in [6.07, 6.45) is 0.652. The fourth-order valence-corrected chi connectivity index (χ4v) is 5.67. The molecule has 6 nitrogen and oxygen atoms in total. The molecule has 8 heteroatoms. The van der Waals surface area contributed by atoms with E-state index >= 15 is 0 Å². The summed E-state index contributed by atoms with van der Waals surface area (Å²) in [6, 6.07) is 15.5. The molecule has 0 fully saturated rings. The summed E-state index contributed by atoms with van der Waals surface area (Å²) in [5, 5.41) is 11.7. The number of hydrogen-bond donors (Lipinski definition) is 1. The Morgan fingerprint density at radius 3 is 2.44 bits per heavy atom. The average Bonchev–Trinajstić information content (AvgIpc) is 3.40. The van der Waals surface area contributed by atoms with Crippen LogP contribution >= 0.6 is 22.9 Å². The van der Waals surface area contributed by atoms with Crippen LogP contribution in [0.1, 0.15) is 38.0 Å². The smallest absolute Gasteiger partial charge is 0.337 e. The normalized spacial score (nSPS) is 12.9. The van der Waals surface area contributed by atoms with Crippen molar-refractivity contribution in [3.05, 3.63) is 71.0 Å². The van der Waals surface area contributed by atoms with Gasteiger partial charge in [-0.25, -0.2) is 14.8 Å². The second-order valence-corrected chi connectivity index (χ2v) is 11.3. The molecule has 2 aromatic heterocycles. The van der Waals surface area contributed by atoms with Crippen molar-refractivity contribution < 1.29 is 14.6 Å². The van der Waals surface area contributed by atoms with E-state index in [1.807, 2.05) is 81.8 Å². The van der Waals surface area contributed by atoms with Crippen molar-refractivity contribution in [1.29, 1.82) is 0 Å². The van der Waals surface area contributed by atoms with Crippen LogP contribution in [0.4, 0.5) is 0 Å². The van der Waals surface area contributed by atoms with Gasteiger partial charge < -0.3 is 14.4 Å². The molecule has 0 saturated carbocycles. The van der Waals surface area contributed by atoms with Crippen molar-refractivity contribution in [2.45, 2.75) is 39.4 Å². The van der Waals surface area contributed by atoms with Gasteiger partial charge in [0.2, 0.25) is 0 Å². The largest absolute Gasteiger partial charge is 0.479 e. The summed E-state index contributed by atoms with van der Waals surface area (Å²) in [5.74, 6) is -1.03. The Hall–Kier alpha value is -3.26. The van der Waals surface area contributed by atoms with Crippen LogP contribution in [0, 0.1) is 6.92 Å². The Kier molecular flexibility index (Phi) is 6.11. The topological polar surface area (TPSA) is 77.2 Å². The minimum atomic E-state index is -1.14. The van der Waals surface area contributed by atoms with E-state index in [4.69, 9.17) is 21.3 Å².